The molecule has 0 fully saturated rings. The molecule has 3 nitrogen and oxygen atoms in total. The summed E-state index contributed by atoms with van der Waals surface area (Å²) >= 11 is 0. The second-order valence-corrected chi connectivity index (χ2v) is 5.68. The Morgan fingerprint density at radius 1 is 0.800 bits per heavy atom. The van der Waals surface area contributed by atoms with Crippen molar-refractivity contribution in [2.45, 2.75) is 12.0 Å². The predicted molar refractivity (Wildman–Crippen MR) is 87.6 cm³/mol. The number of carbonyl (C=O) groups is 1. The number of benzene rings is 2. The normalized spacial score (nSPS) is 12.4. The van der Waals surface area contributed by atoms with Gasteiger partial charge >= 0.3 is 0 Å². The summed E-state index contributed by atoms with van der Waals surface area (Å²) in [5.74, 6) is -2.56. The zero-order valence-corrected chi connectivity index (χ0v) is 13.1. The van der Waals surface area contributed by atoms with Crippen LogP contribution in [0.3, 0.4) is 0 Å². The van der Waals surface area contributed by atoms with Crippen molar-refractivity contribution in [1.29, 1.82) is 0 Å². The van der Waals surface area contributed by atoms with Gasteiger partial charge < -0.3 is 5.73 Å². The lowest BCUT2D eigenvalue weighted by Gasteiger charge is -2.24. The molecule has 3 rings (SSSR count). The highest BCUT2D eigenvalue weighted by Crippen LogP contribution is 2.28. The molecular weight excluding hydrogens is 329 g/mol. The molecule has 6 heteroatoms. The molecule has 0 bridgehead atoms. The summed E-state index contributed by atoms with van der Waals surface area (Å²) in [6.45, 7) is 0. The van der Waals surface area contributed by atoms with E-state index in [0.29, 0.717) is 11.1 Å². The number of hydrogen-bond donors (Lipinski definition) is 1. The monoisotopic (exact) mass is 344 g/mol. The molecule has 0 spiro atoms. The second kappa shape index (κ2) is 6.94. The predicted octanol–water partition coefficient (Wildman–Crippen LogP) is 3.71. The van der Waals surface area contributed by atoms with Crippen LogP contribution in [0.25, 0.3) is 0 Å². The van der Waals surface area contributed by atoms with E-state index in [-0.39, 0.29) is 0 Å². The molecule has 128 valence electrons. The van der Waals surface area contributed by atoms with Gasteiger partial charge in [0.2, 0.25) is 5.91 Å². The molecule has 0 aliphatic heterocycles. The first-order valence-electron chi connectivity index (χ1n) is 7.60. The lowest BCUT2D eigenvalue weighted by atomic mass is 9.85. The molecule has 2 N–H and O–H groups in total. The zero-order chi connectivity index (χ0) is 18.0. The molecule has 1 atom stereocenters. The van der Waals surface area contributed by atoms with Gasteiger partial charge in [0.05, 0.1) is 6.04 Å². The minimum Gasteiger partial charge on any atom is -0.319 e. The van der Waals surface area contributed by atoms with Crippen molar-refractivity contribution in [3.05, 3.63) is 95.6 Å². The maximum atomic E-state index is 13.2. The fraction of sp³-hybridized carbons (Fsp3) is 0.105. The molecule has 1 heterocycles. The quantitative estimate of drug-likeness (QED) is 0.784. The van der Waals surface area contributed by atoms with Crippen molar-refractivity contribution < 1.29 is 18.0 Å². The fourth-order valence-corrected chi connectivity index (χ4v) is 2.77. The van der Waals surface area contributed by atoms with Crippen LogP contribution in [0.15, 0.2) is 67.0 Å². The van der Waals surface area contributed by atoms with Gasteiger partial charge in [0.25, 0.3) is 0 Å². The first kappa shape index (κ1) is 17.0. The van der Waals surface area contributed by atoms with Crippen LogP contribution in [-0.4, -0.2) is 16.5 Å². The maximum Gasteiger partial charge on any atom is 0.248 e. The SMILES string of the molecule is N[C@H](C(=O)n1ccc(F)c1)C(c1ccc(F)cc1)c1ccc(F)cc1. The van der Waals surface area contributed by atoms with Gasteiger partial charge in [-0.15, -0.1) is 0 Å². The summed E-state index contributed by atoms with van der Waals surface area (Å²) in [4.78, 5) is 12.6. The summed E-state index contributed by atoms with van der Waals surface area (Å²) in [6, 6.07) is 11.2. The topological polar surface area (TPSA) is 48.0 Å². The van der Waals surface area contributed by atoms with Crippen molar-refractivity contribution in [1.82, 2.24) is 4.57 Å². The third-order valence-electron chi connectivity index (χ3n) is 4.01. The van der Waals surface area contributed by atoms with E-state index in [9.17, 15) is 18.0 Å². The van der Waals surface area contributed by atoms with Crippen molar-refractivity contribution in [2.75, 3.05) is 0 Å². The third kappa shape index (κ3) is 3.64. The Labute approximate surface area is 142 Å². The maximum absolute atomic E-state index is 13.2. The van der Waals surface area contributed by atoms with Crippen LogP contribution in [0.4, 0.5) is 13.2 Å². The molecule has 0 amide bonds. The van der Waals surface area contributed by atoms with Gasteiger partial charge in [-0.3, -0.25) is 9.36 Å². The first-order chi connectivity index (χ1) is 12.0. The van der Waals surface area contributed by atoms with Crippen molar-refractivity contribution in [3.63, 3.8) is 0 Å². The Hall–Kier alpha value is -2.86. The van der Waals surface area contributed by atoms with Gasteiger partial charge in [0.15, 0.2) is 0 Å². The van der Waals surface area contributed by atoms with Crippen LogP contribution in [0.5, 0.6) is 0 Å². The van der Waals surface area contributed by atoms with Crippen molar-refractivity contribution in [2.24, 2.45) is 5.73 Å². The van der Waals surface area contributed by atoms with E-state index in [0.717, 1.165) is 16.8 Å². The average molecular weight is 344 g/mol. The molecule has 0 unspecified atom stereocenters. The van der Waals surface area contributed by atoms with E-state index in [1.165, 1.54) is 54.7 Å². The molecule has 0 saturated heterocycles. The molecule has 2 aromatic carbocycles. The van der Waals surface area contributed by atoms with Gasteiger partial charge in [-0.1, -0.05) is 24.3 Å². The minimum atomic E-state index is -1.07. The standard InChI is InChI=1S/C19H15F3N2O/c20-14-5-1-12(2-6-14)17(13-3-7-15(21)8-4-13)18(23)19(25)24-10-9-16(22)11-24/h1-11,17-18H,23H2/t18-/m0/s1. The fourth-order valence-electron chi connectivity index (χ4n) is 2.77. The minimum absolute atomic E-state index is 0.422. The van der Waals surface area contributed by atoms with Crippen molar-refractivity contribution in [3.8, 4) is 0 Å². The third-order valence-corrected chi connectivity index (χ3v) is 4.01. The Kier molecular flexibility index (Phi) is 4.72. The van der Waals surface area contributed by atoms with Crippen LogP contribution in [0.2, 0.25) is 0 Å². The van der Waals surface area contributed by atoms with E-state index in [4.69, 9.17) is 5.73 Å². The molecular formula is C19H15F3N2O. The van der Waals surface area contributed by atoms with E-state index in [2.05, 4.69) is 0 Å². The average Bonchev–Trinajstić information content (AvgIpc) is 3.04. The first-order valence-corrected chi connectivity index (χ1v) is 7.60. The Morgan fingerprint density at radius 2 is 1.28 bits per heavy atom. The summed E-state index contributed by atoms with van der Waals surface area (Å²) in [7, 11) is 0. The smallest absolute Gasteiger partial charge is 0.248 e. The van der Waals surface area contributed by atoms with Gasteiger partial charge in [-0.25, -0.2) is 13.2 Å². The Morgan fingerprint density at radius 3 is 1.68 bits per heavy atom. The molecule has 1 aromatic heterocycles. The summed E-state index contributed by atoms with van der Waals surface area (Å²) < 4.78 is 40.7. The van der Waals surface area contributed by atoms with E-state index >= 15 is 0 Å². The number of halogens is 3. The van der Waals surface area contributed by atoms with Gasteiger partial charge in [0, 0.05) is 18.3 Å². The highest BCUT2D eigenvalue weighted by molar-refractivity contribution is 5.85. The summed E-state index contributed by atoms with van der Waals surface area (Å²) in [5, 5.41) is 0. The van der Waals surface area contributed by atoms with E-state index < -0.39 is 35.3 Å². The Balaban J connectivity index is 2.02. The van der Waals surface area contributed by atoms with Gasteiger partial charge in [-0.05, 0) is 41.5 Å². The van der Waals surface area contributed by atoms with E-state index in [1.54, 1.807) is 0 Å². The van der Waals surface area contributed by atoms with Crippen LogP contribution < -0.4 is 5.73 Å². The number of carbonyl (C=O) groups excluding carboxylic acids is 1. The molecule has 25 heavy (non-hydrogen) atoms. The van der Waals surface area contributed by atoms with Crippen LogP contribution >= 0.6 is 0 Å². The Bertz CT molecular complexity index is 827. The zero-order valence-electron chi connectivity index (χ0n) is 13.1. The molecule has 0 aliphatic rings. The largest absolute Gasteiger partial charge is 0.319 e. The second-order valence-electron chi connectivity index (χ2n) is 5.68. The van der Waals surface area contributed by atoms with Crippen LogP contribution in [-0.2, 0) is 0 Å². The van der Waals surface area contributed by atoms with Crippen LogP contribution in [0.1, 0.15) is 21.8 Å². The highest BCUT2D eigenvalue weighted by atomic mass is 19.1. The van der Waals surface area contributed by atoms with Gasteiger partial charge in [0.1, 0.15) is 17.5 Å². The number of nitrogens with zero attached hydrogens (tertiary/aromatic N) is 1. The van der Waals surface area contributed by atoms with Crippen LogP contribution in [0, 0.1) is 17.5 Å². The summed E-state index contributed by atoms with van der Waals surface area (Å²) in [5.41, 5.74) is 7.36. The van der Waals surface area contributed by atoms with E-state index in [1.807, 2.05) is 0 Å². The molecule has 0 aliphatic carbocycles. The lowest BCUT2D eigenvalue weighted by Crippen LogP contribution is -2.40. The summed E-state index contributed by atoms with van der Waals surface area (Å²) in [6.07, 6.45) is 2.32. The highest BCUT2D eigenvalue weighted by Gasteiger charge is 2.29. The van der Waals surface area contributed by atoms with Gasteiger partial charge in [-0.2, -0.15) is 0 Å². The molecule has 0 radical (unpaired) electrons. The lowest BCUT2D eigenvalue weighted by molar-refractivity contribution is 0.0871. The van der Waals surface area contributed by atoms with Crippen molar-refractivity contribution >= 4 is 5.91 Å². The number of nitrogens with two attached hydrogens (primary N) is 1. The molecule has 3 aromatic rings. The number of hydrogen-bond acceptors (Lipinski definition) is 2. The number of aromatic nitrogens is 1. The molecule has 0 saturated carbocycles. The number of rotatable bonds is 4.